The highest BCUT2D eigenvalue weighted by molar-refractivity contribution is 7.86. The van der Waals surface area contributed by atoms with Crippen LogP contribution in [-0.2, 0) is 24.4 Å². The number of nitrogens with zero attached hydrogens (tertiary/aromatic N) is 1. The number of hydrogen-bond acceptors (Lipinski definition) is 6. The highest BCUT2D eigenvalue weighted by Crippen LogP contribution is 2.11. The zero-order chi connectivity index (χ0) is 22.9. The van der Waals surface area contributed by atoms with E-state index in [2.05, 4.69) is 29.9 Å². The van der Waals surface area contributed by atoms with Gasteiger partial charge in [-0.15, -0.1) is 0 Å². The molecule has 0 aliphatic rings. The molecule has 0 heterocycles. The minimum atomic E-state index is -4.08. The molecule has 0 aliphatic heterocycles. The van der Waals surface area contributed by atoms with Crippen LogP contribution in [0.5, 0.6) is 0 Å². The van der Waals surface area contributed by atoms with Gasteiger partial charge in [-0.3, -0.25) is 8.74 Å². The second kappa shape index (κ2) is 16.7. The number of unbranched alkanes of at least 4 members (excludes halogenated alkanes) is 3. The predicted octanol–water partition coefficient (Wildman–Crippen LogP) is 4.36. The first-order chi connectivity index (χ1) is 14.2. The van der Waals surface area contributed by atoms with E-state index < -0.39 is 26.0 Å². The van der Waals surface area contributed by atoms with E-state index in [9.17, 15) is 16.8 Å². The van der Waals surface area contributed by atoms with E-state index in [1.165, 1.54) is 70.3 Å². The van der Waals surface area contributed by atoms with E-state index in [0.29, 0.717) is 0 Å². The van der Waals surface area contributed by atoms with Crippen molar-refractivity contribution >= 4 is 20.2 Å². The fourth-order valence-electron chi connectivity index (χ4n) is 2.55. The standard InChI is InChI=1S/C12H27N.C9H12O6S2/c1-4-7-10-13(11-8-5-2)12-9-6-3;10-16(11,12)8-4-7-15-17(13,14)9-5-2-1-3-6-9/h4-12H2,1-3H3;1-3,5-6H,4,7-8H2,(H,10,11,12). The van der Waals surface area contributed by atoms with Crippen LogP contribution in [0.15, 0.2) is 35.2 Å². The van der Waals surface area contributed by atoms with Gasteiger partial charge in [0.05, 0.1) is 17.3 Å². The zero-order valence-electron chi connectivity index (χ0n) is 18.6. The van der Waals surface area contributed by atoms with Gasteiger partial charge in [0.2, 0.25) is 0 Å². The topological polar surface area (TPSA) is 101 Å². The zero-order valence-corrected chi connectivity index (χ0v) is 20.3. The van der Waals surface area contributed by atoms with Crippen molar-refractivity contribution in [2.24, 2.45) is 0 Å². The lowest BCUT2D eigenvalue weighted by Crippen LogP contribution is -2.27. The molecular weight excluding hydrogens is 426 g/mol. The molecule has 0 fully saturated rings. The quantitative estimate of drug-likeness (QED) is 0.233. The van der Waals surface area contributed by atoms with E-state index >= 15 is 0 Å². The molecule has 1 N–H and O–H groups in total. The molecule has 1 rings (SSSR count). The molecule has 0 aliphatic carbocycles. The molecular formula is C21H39NO6S2. The van der Waals surface area contributed by atoms with Crippen LogP contribution in [0.4, 0.5) is 0 Å². The Balaban J connectivity index is 0.000000584. The molecule has 1 aromatic rings. The van der Waals surface area contributed by atoms with Crippen LogP contribution < -0.4 is 0 Å². The number of hydrogen-bond donors (Lipinski definition) is 1. The summed E-state index contributed by atoms with van der Waals surface area (Å²) in [5, 5.41) is 0. The molecule has 30 heavy (non-hydrogen) atoms. The molecule has 0 radical (unpaired) electrons. The molecule has 176 valence electrons. The smallest absolute Gasteiger partial charge is 0.296 e. The molecule has 0 unspecified atom stereocenters. The minimum absolute atomic E-state index is 0.00635. The largest absolute Gasteiger partial charge is 0.303 e. The van der Waals surface area contributed by atoms with Crippen molar-refractivity contribution in [2.75, 3.05) is 32.0 Å². The van der Waals surface area contributed by atoms with Gasteiger partial charge < -0.3 is 4.90 Å². The Morgan fingerprint density at radius 3 is 1.67 bits per heavy atom. The maximum absolute atomic E-state index is 11.5. The van der Waals surface area contributed by atoms with Crippen molar-refractivity contribution in [3.05, 3.63) is 30.3 Å². The fraction of sp³-hybridized carbons (Fsp3) is 0.714. The van der Waals surface area contributed by atoms with Crippen LogP contribution in [0.1, 0.15) is 65.7 Å². The minimum Gasteiger partial charge on any atom is -0.303 e. The molecule has 0 saturated carbocycles. The van der Waals surface area contributed by atoms with Crippen molar-refractivity contribution in [1.29, 1.82) is 0 Å². The van der Waals surface area contributed by atoms with Crippen molar-refractivity contribution in [1.82, 2.24) is 4.90 Å². The first kappa shape index (κ1) is 29.0. The summed E-state index contributed by atoms with van der Waals surface area (Å²) in [5.74, 6) is -0.530. The van der Waals surface area contributed by atoms with Crippen LogP contribution in [-0.4, -0.2) is 58.3 Å². The van der Waals surface area contributed by atoms with Gasteiger partial charge in [0.25, 0.3) is 20.2 Å². The highest BCUT2D eigenvalue weighted by atomic mass is 32.2. The summed E-state index contributed by atoms with van der Waals surface area (Å²) in [6, 6.07) is 7.51. The summed E-state index contributed by atoms with van der Waals surface area (Å²) in [6.07, 6.45) is 8.00. The maximum atomic E-state index is 11.5. The third-order valence-electron chi connectivity index (χ3n) is 4.30. The Morgan fingerprint density at radius 1 is 0.800 bits per heavy atom. The second-order valence-electron chi connectivity index (χ2n) is 7.13. The van der Waals surface area contributed by atoms with Gasteiger partial charge in [0, 0.05) is 0 Å². The fourth-order valence-corrected chi connectivity index (χ4v) is 3.99. The van der Waals surface area contributed by atoms with Crippen LogP contribution in [0, 0.1) is 0 Å². The third kappa shape index (κ3) is 15.8. The highest BCUT2D eigenvalue weighted by Gasteiger charge is 2.14. The molecule has 0 aromatic heterocycles. The van der Waals surface area contributed by atoms with Gasteiger partial charge in [-0.05, 0) is 57.5 Å². The van der Waals surface area contributed by atoms with Gasteiger partial charge in [-0.2, -0.15) is 16.8 Å². The van der Waals surface area contributed by atoms with E-state index in [1.807, 2.05) is 0 Å². The Kier molecular flexibility index (Phi) is 16.1. The third-order valence-corrected chi connectivity index (χ3v) is 6.43. The van der Waals surface area contributed by atoms with E-state index in [1.54, 1.807) is 18.2 Å². The van der Waals surface area contributed by atoms with Crippen LogP contribution >= 0.6 is 0 Å². The average Bonchev–Trinajstić information content (AvgIpc) is 2.71. The van der Waals surface area contributed by atoms with Crippen molar-refractivity contribution in [3.63, 3.8) is 0 Å². The predicted molar refractivity (Wildman–Crippen MR) is 122 cm³/mol. The lowest BCUT2D eigenvalue weighted by molar-refractivity contribution is 0.261. The molecule has 0 spiro atoms. The molecule has 0 bridgehead atoms. The van der Waals surface area contributed by atoms with Crippen LogP contribution in [0.25, 0.3) is 0 Å². The summed E-state index contributed by atoms with van der Waals surface area (Å²) in [6.45, 7) is 10.5. The maximum Gasteiger partial charge on any atom is 0.296 e. The van der Waals surface area contributed by atoms with E-state index in [0.717, 1.165) is 0 Å². The lowest BCUT2D eigenvalue weighted by Gasteiger charge is -2.21. The number of benzene rings is 1. The summed E-state index contributed by atoms with van der Waals surface area (Å²) in [7, 11) is -7.94. The summed E-state index contributed by atoms with van der Waals surface area (Å²) in [5.41, 5.74) is 0. The van der Waals surface area contributed by atoms with Crippen LogP contribution in [0.2, 0.25) is 0 Å². The van der Waals surface area contributed by atoms with Crippen molar-refractivity contribution < 1.29 is 25.6 Å². The van der Waals surface area contributed by atoms with Gasteiger partial charge in [0.1, 0.15) is 0 Å². The average molecular weight is 466 g/mol. The summed E-state index contributed by atoms with van der Waals surface area (Å²) >= 11 is 0. The first-order valence-corrected chi connectivity index (χ1v) is 13.8. The normalized spacial score (nSPS) is 11.9. The molecule has 0 amide bonds. The van der Waals surface area contributed by atoms with Crippen LogP contribution in [0.3, 0.4) is 0 Å². The van der Waals surface area contributed by atoms with Gasteiger partial charge in [-0.25, -0.2) is 0 Å². The van der Waals surface area contributed by atoms with Gasteiger partial charge in [-0.1, -0.05) is 58.2 Å². The second-order valence-corrected chi connectivity index (χ2v) is 10.3. The summed E-state index contributed by atoms with van der Waals surface area (Å²) in [4.78, 5) is 2.64. The van der Waals surface area contributed by atoms with E-state index in [4.69, 9.17) is 4.55 Å². The molecule has 0 atom stereocenters. The van der Waals surface area contributed by atoms with Crippen molar-refractivity contribution in [3.8, 4) is 0 Å². The Labute approximate surface area is 183 Å². The molecule has 0 saturated heterocycles. The Hall–Kier alpha value is -1.00. The Morgan fingerprint density at radius 2 is 1.27 bits per heavy atom. The van der Waals surface area contributed by atoms with Gasteiger partial charge >= 0.3 is 0 Å². The first-order valence-electron chi connectivity index (χ1n) is 10.8. The monoisotopic (exact) mass is 465 g/mol. The van der Waals surface area contributed by atoms with Crippen molar-refractivity contribution in [2.45, 2.75) is 70.6 Å². The molecule has 1 aromatic carbocycles. The van der Waals surface area contributed by atoms with E-state index in [-0.39, 0.29) is 17.9 Å². The SMILES string of the molecule is CCCCN(CCCC)CCCC.O=S(=O)(O)CCCOS(=O)(=O)c1ccccc1. The molecule has 7 nitrogen and oxygen atoms in total. The molecule has 9 heteroatoms. The summed E-state index contributed by atoms with van der Waals surface area (Å²) < 4.78 is 56.8. The number of rotatable bonds is 15. The van der Waals surface area contributed by atoms with Gasteiger partial charge in [0.15, 0.2) is 0 Å². The lowest BCUT2D eigenvalue weighted by atomic mass is 10.2. The Bertz CT molecular complexity index is 717.